The van der Waals surface area contributed by atoms with E-state index in [1.54, 1.807) is 42.5 Å². The topological polar surface area (TPSA) is 107 Å². The van der Waals surface area contributed by atoms with Crippen LogP contribution in [-0.2, 0) is 14.4 Å². The Morgan fingerprint density at radius 1 is 1.00 bits per heavy atom. The molecule has 0 saturated carbocycles. The largest absolute Gasteiger partial charge is 0.508 e. The molecule has 0 aromatic heterocycles. The Kier molecular flexibility index (Phi) is 4.24. The number of halogens is 1. The van der Waals surface area contributed by atoms with Gasteiger partial charge in [-0.25, -0.2) is 4.90 Å². The molecule has 0 bridgehead atoms. The van der Waals surface area contributed by atoms with Crippen molar-refractivity contribution in [3.05, 3.63) is 58.6 Å². The fraction of sp³-hybridized carbons (Fsp3) is 0.211. The van der Waals surface area contributed by atoms with E-state index in [-0.39, 0.29) is 5.75 Å². The second kappa shape index (κ2) is 6.47. The average Bonchev–Trinajstić information content (AvgIpc) is 3.14. The molecule has 0 aliphatic carbocycles. The van der Waals surface area contributed by atoms with Gasteiger partial charge in [0.1, 0.15) is 11.8 Å². The number of aliphatic carboxylic acids is 1. The van der Waals surface area contributed by atoms with Gasteiger partial charge in [0.15, 0.2) is 0 Å². The standard InChI is InChI=1S/C19H15BrN2O5/c20-9-5-7-10(8-6-9)22-17(24)13-14(18(22)25)16(19(26)27)21-15(13)11-3-1-2-4-12(11)23/h1-8,13-16,21,23H,(H,26,27)/t13-,14+,15+,16+/m0/s1. The molecular weight excluding hydrogens is 416 g/mol. The number of nitrogens with one attached hydrogen (secondary N) is 1. The Morgan fingerprint density at radius 3 is 2.26 bits per heavy atom. The lowest BCUT2D eigenvalue weighted by Gasteiger charge is -2.22. The first-order chi connectivity index (χ1) is 12.9. The number of phenols is 1. The molecule has 2 saturated heterocycles. The highest BCUT2D eigenvalue weighted by atomic mass is 79.9. The van der Waals surface area contributed by atoms with E-state index in [1.165, 1.54) is 6.07 Å². The van der Waals surface area contributed by atoms with Crippen LogP contribution in [0.1, 0.15) is 11.6 Å². The normalized spacial score (nSPS) is 27.1. The van der Waals surface area contributed by atoms with E-state index in [9.17, 15) is 24.6 Å². The van der Waals surface area contributed by atoms with Gasteiger partial charge in [-0.05, 0) is 30.3 Å². The van der Waals surface area contributed by atoms with Crippen LogP contribution in [0.3, 0.4) is 0 Å². The fourth-order valence-electron chi connectivity index (χ4n) is 3.92. The van der Waals surface area contributed by atoms with Crippen LogP contribution in [0.5, 0.6) is 5.75 Å². The molecule has 2 aromatic rings. The van der Waals surface area contributed by atoms with Crippen molar-refractivity contribution in [3.8, 4) is 5.75 Å². The molecule has 2 aromatic carbocycles. The molecule has 0 spiro atoms. The third-order valence-corrected chi connectivity index (χ3v) is 5.63. The highest BCUT2D eigenvalue weighted by Crippen LogP contribution is 2.46. The molecule has 2 aliphatic rings. The second-order valence-electron chi connectivity index (χ2n) is 6.56. The summed E-state index contributed by atoms with van der Waals surface area (Å²) in [6, 6.07) is 11.1. The van der Waals surface area contributed by atoms with E-state index in [0.717, 1.165) is 9.37 Å². The van der Waals surface area contributed by atoms with Crippen LogP contribution in [0, 0.1) is 11.8 Å². The van der Waals surface area contributed by atoms with E-state index in [1.807, 2.05) is 0 Å². The van der Waals surface area contributed by atoms with Crippen LogP contribution in [0.15, 0.2) is 53.0 Å². The number of anilines is 1. The van der Waals surface area contributed by atoms with Crippen molar-refractivity contribution in [2.24, 2.45) is 11.8 Å². The van der Waals surface area contributed by atoms with Crippen LogP contribution >= 0.6 is 15.9 Å². The van der Waals surface area contributed by atoms with Crippen molar-refractivity contribution < 1.29 is 24.6 Å². The van der Waals surface area contributed by atoms with E-state index in [0.29, 0.717) is 11.3 Å². The number of para-hydroxylation sites is 1. The number of imide groups is 1. The molecule has 27 heavy (non-hydrogen) atoms. The van der Waals surface area contributed by atoms with Crippen molar-refractivity contribution >= 4 is 39.4 Å². The van der Waals surface area contributed by atoms with Crippen molar-refractivity contribution in [1.82, 2.24) is 5.32 Å². The Morgan fingerprint density at radius 2 is 1.63 bits per heavy atom. The van der Waals surface area contributed by atoms with Gasteiger partial charge in [0, 0.05) is 16.1 Å². The third-order valence-electron chi connectivity index (χ3n) is 5.10. The fourth-order valence-corrected chi connectivity index (χ4v) is 4.18. The van der Waals surface area contributed by atoms with Crippen LogP contribution in [0.4, 0.5) is 5.69 Å². The number of nitrogens with zero attached hydrogens (tertiary/aromatic N) is 1. The van der Waals surface area contributed by atoms with Gasteiger partial charge in [0.05, 0.1) is 17.5 Å². The number of phenolic OH excluding ortho intramolecular Hbond substituents is 1. The zero-order chi connectivity index (χ0) is 19.3. The number of amides is 2. The van der Waals surface area contributed by atoms with Gasteiger partial charge < -0.3 is 10.2 Å². The zero-order valence-electron chi connectivity index (χ0n) is 13.9. The summed E-state index contributed by atoms with van der Waals surface area (Å²) in [5.41, 5.74) is 0.790. The van der Waals surface area contributed by atoms with Gasteiger partial charge in [-0.2, -0.15) is 0 Å². The number of fused-ring (bicyclic) bond motifs is 1. The van der Waals surface area contributed by atoms with Gasteiger partial charge in [0.2, 0.25) is 11.8 Å². The summed E-state index contributed by atoms with van der Waals surface area (Å²) in [4.78, 5) is 38.9. The maximum Gasteiger partial charge on any atom is 0.321 e. The molecule has 2 amide bonds. The van der Waals surface area contributed by atoms with Gasteiger partial charge >= 0.3 is 5.97 Å². The minimum Gasteiger partial charge on any atom is -0.508 e. The van der Waals surface area contributed by atoms with Crippen molar-refractivity contribution in [1.29, 1.82) is 0 Å². The summed E-state index contributed by atoms with van der Waals surface area (Å²) in [6.45, 7) is 0. The SMILES string of the molecule is O=C(O)[C@@H]1N[C@H](c2ccccc2O)[C@H]2C(=O)N(c3ccc(Br)cc3)C(=O)[C@H]21. The monoisotopic (exact) mass is 430 g/mol. The Labute approximate surface area is 162 Å². The predicted molar refractivity (Wildman–Crippen MR) is 99.0 cm³/mol. The lowest BCUT2D eigenvalue weighted by Crippen LogP contribution is -2.43. The first-order valence-electron chi connectivity index (χ1n) is 8.30. The van der Waals surface area contributed by atoms with Crippen molar-refractivity contribution in [2.75, 3.05) is 4.90 Å². The van der Waals surface area contributed by atoms with Crippen LogP contribution < -0.4 is 10.2 Å². The number of hydrogen-bond donors (Lipinski definition) is 3. The lowest BCUT2D eigenvalue weighted by atomic mass is 9.86. The molecular formula is C19H15BrN2O5. The van der Waals surface area contributed by atoms with Gasteiger partial charge in [-0.1, -0.05) is 34.1 Å². The predicted octanol–water partition coefficient (Wildman–Crippen LogP) is 2.06. The molecule has 4 atom stereocenters. The van der Waals surface area contributed by atoms with Crippen LogP contribution in [0.2, 0.25) is 0 Å². The highest BCUT2D eigenvalue weighted by molar-refractivity contribution is 9.10. The Balaban J connectivity index is 1.79. The number of carboxylic acid groups (broad SMARTS) is 1. The van der Waals surface area contributed by atoms with Crippen LogP contribution in [-0.4, -0.2) is 34.0 Å². The highest BCUT2D eigenvalue weighted by Gasteiger charge is 2.61. The Hall–Kier alpha value is -2.71. The molecule has 7 nitrogen and oxygen atoms in total. The first kappa shape index (κ1) is 17.7. The first-order valence-corrected chi connectivity index (χ1v) is 9.09. The number of aromatic hydroxyl groups is 1. The summed E-state index contributed by atoms with van der Waals surface area (Å²) in [5, 5.41) is 22.6. The quantitative estimate of drug-likeness (QED) is 0.643. The number of hydrogen-bond acceptors (Lipinski definition) is 5. The summed E-state index contributed by atoms with van der Waals surface area (Å²) in [7, 11) is 0. The summed E-state index contributed by atoms with van der Waals surface area (Å²) >= 11 is 3.31. The third kappa shape index (κ3) is 2.72. The number of benzene rings is 2. The molecule has 0 radical (unpaired) electrons. The van der Waals surface area contributed by atoms with E-state index >= 15 is 0 Å². The molecule has 2 aliphatic heterocycles. The smallest absolute Gasteiger partial charge is 0.321 e. The maximum absolute atomic E-state index is 13.1. The number of carbonyl (C=O) groups excluding carboxylic acids is 2. The number of carbonyl (C=O) groups is 3. The average molecular weight is 431 g/mol. The zero-order valence-corrected chi connectivity index (χ0v) is 15.5. The van der Waals surface area contributed by atoms with E-state index in [2.05, 4.69) is 21.2 Å². The molecule has 8 heteroatoms. The van der Waals surface area contributed by atoms with Gasteiger partial charge in [0.25, 0.3) is 0 Å². The molecule has 0 unspecified atom stereocenters. The van der Waals surface area contributed by atoms with Crippen molar-refractivity contribution in [3.63, 3.8) is 0 Å². The minimum absolute atomic E-state index is 0.0536. The Bertz CT molecular complexity index is 945. The van der Waals surface area contributed by atoms with E-state index < -0.39 is 41.7 Å². The van der Waals surface area contributed by atoms with Crippen molar-refractivity contribution in [2.45, 2.75) is 12.1 Å². The molecule has 138 valence electrons. The summed E-state index contributed by atoms with van der Waals surface area (Å²) in [6.07, 6.45) is 0. The van der Waals surface area contributed by atoms with Crippen LogP contribution in [0.25, 0.3) is 0 Å². The van der Waals surface area contributed by atoms with Gasteiger partial charge in [-0.3, -0.25) is 19.7 Å². The molecule has 2 fully saturated rings. The molecule has 3 N–H and O–H groups in total. The second-order valence-corrected chi connectivity index (χ2v) is 7.47. The van der Waals surface area contributed by atoms with Gasteiger partial charge in [-0.15, -0.1) is 0 Å². The summed E-state index contributed by atoms with van der Waals surface area (Å²) < 4.78 is 0.794. The number of carboxylic acids is 1. The number of rotatable bonds is 3. The maximum atomic E-state index is 13.1. The van der Waals surface area contributed by atoms with E-state index in [4.69, 9.17) is 0 Å². The molecule has 4 rings (SSSR count). The summed E-state index contributed by atoms with van der Waals surface area (Å²) in [5.74, 6) is -4.23. The minimum atomic E-state index is -1.21. The molecule has 2 heterocycles. The lowest BCUT2D eigenvalue weighted by molar-refractivity contribution is -0.142.